The summed E-state index contributed by atoms with van der Waals surface area (Å²) in [6.45, 7) is 3.60. The molecule has 30 heavy (non-hydrogen) atoms. The number of amides is 1. The summed E-state index contributed by atoms with van der Waals surface area (Å²) in [7, 11) is 1.46. The molecule has 0 bridgehead atoms. The van der Waals surface area contributed by atoms with Crippen LogP contribution in [0.2, 0.25) is 0 Å². The minimum Gasteiger partial charge on any atom is -0.507 e. The van der Waals surface area contributed by atoms with Crippen molar-refractivity contribution < 1.29 is 28.9 Å². The van der Waals surface area contributed by atoms with E-state index in [4.69, 9.17) is 14.2 Å². The van der Waals surface area contributed by atoms with E-state index in [1.165, 1.54) is 19.2 Å². The standard InChI is InChI=1S/C22H26N2O6/c1-28-18-7-8-19(20(25)15-18)22(27)30-16-21(26)24-11-9-23(10-12-24)13-14-29-17-5-3-2-4-6-17/h2-8,15,25H,9-14,16H2,1H3. The molecule has 8 nitrogen and oxygen atoms in total. The van der Waals surface area contributed by atoms with E-state index in [-0.39, 0.29) is 23.8 Å². The Morgan fingerprint density at radius 2 is 1.73 bits per heavy atom. The monoisotopic (exact) mass is 414 g/mol. The van der Waals surface area contributed by atoms with Gasteiger partial charge < -0.3 is 24.2 Å². The first-order valence-electron chi connectivity index (χ1n) is 9.79. The van der Waals surface area contributed by atoms with Crippen molar-refractivity contribution >= 4 is 11.9 Å². The van der Waals surface area contributed by atoms with Crippen LogP contribution in [0.1, 0.15) is 10.4 Å². The fourth-order valence-electron chi connectivity index (χ4n) is 3.14. The van der Waals surface area contributed by atoms with Crippen LogP contribution in [-0.2, 0) is 9.53 Å². The minimum absolute atomic E-state index is 0.00756. The molecule has 1 heterocycles. The van der Waals surface area contributed by atoms with Crippen molar-refractivity contribution in [2.75, 3.05) is 53.0 Å². The molecule has 0 saturated carbocycles. The molecule has 8 heteroatoms. The SMILES string of the molecule is COc1ccc(C(=O)OCC(=O)N2CCN(CCOc3ccccc3)CC2)c(O)c1. The average molecular weight is 414 g/mol. The molecular weight excluding hydrogens is 388 g/mol. The van der Waals surface area contributed by atoms with Gasteiger partial charge >= 0.3 is 5.97 Å². The maximum absolute atomic E-state index is 12.3. The fourth-order valence-corrected chi connectivity index (χ4v) is 3.14. The van der Waals surface area contributed by atoms with Gasteiger partial charge in [-0.15, -0.1) is 0 Å². The molecule has 1 N–H and O–H groups in total. The summed E-state index contributed by atoms with van der Waals surface area (Å²) in [4.78, 5) is 28.4. The molecule has 1 aliphatic rings. The van der Waals surface area contributed by atoms with Crippen LogP contribution in [0.25, 0.3) is 0 Å². The third kappa shape index (κ3) is 5.87. The maximum atomic E-state index is 12.3. The van der Waals surface area contributed by atoms with E-state index in [0.717, 1.165) is 25.4 Å². The van der Waals surface area contributed by atoms with Crippen LogP contribution in [0, 0.1) is 0 Å². The Labute approximate surface area is 175 Å². The third-order valence-corrected chi connectivity index (χ3v) is 4.90. The van der Waals surface area contributed by atoms with Gasteiger partial charge in [-0.2, -0.15) is 0 Å². The number of esters is 1. The number of phenols is 1. The number of aromatic hydroxyl groups is 1. The highest BCUT2D eigenvalue weighted by molar-refractivity contribution is 5.94. The van der Waals surface area contributed by atoms with Gasteiger partial charge in [0.15, 0.2) is 6.61 Å². The highest BCUT2D eigenvalue weighted by Gasteiger charge is 2.23. The molecular formula is C22H26N2O6. The van der Waals surface area contributed by atoms with Gasteiger partial charge in [0.05, 0.1) is 7.11 Å². The van der Waals surface area contributed by atoms with Crippen molar-refractivity contribution in [2.24, 2.45) is 0 Å². The molecule has 1 aliphatic heterocycles. The first kappa shape index (κ1) is 21.4. The van der Waals surface area contributed by atoms with Crippen molar-refractivity contribution in [2.45, 2.75) is 0 Å². The predicted molar refractivity (Wildman–Crippen MR) is 110 cm³/mol. The quantitative estimate of drug-likeness (QED) is 0.659. The Morgan fingerprint density at radius 1 is 1.00 bits per heavy atom. The van der Waals surface area contributed by atoms with Crippen molar-refractivity contribution in [1.29, 1.82) is 0 Å². The number of carbonyl (C=O) groups is 2. The summed E-state index contributed by atoms with van der Waals surface area (Å²) in [5.41, 5.74) is -0.00756. The Kier molecular flexibility index (Phi) is 7.51. The average Bonchev–Trinajstić information content (AvgIpc) is 2.78. The van der Waals surface area contributed by atoms with E-state index in [1.54, 1.807) is 11.0 Å². The van der Waals surface area contributed by atoms with E-state index in [9.17, 15) is 14.7 Å². The largest absolute Gasteiger partial charge is 0.507 e. The Bertz CT molecular complexity index is 850. The number of phenolic OH excluding ortho intramolecular Hbond substituents is 1. The van der Waals surface area contributed by atoms with E-state index in [0.29, 0.717) is 25.4 Å². The summed E-state index contributed by atoms with van der Waals surface area (Å²) in [6, 6.07) is 13.9. The second kappa shape index (κ2) is 10.5. The Morgan fingerprint density at radius 3 is 2.40 bits per heavy atom. The Hall–Kier alpha value is -3.26. The number of hydrogen-bond donors (Lipinski definition) is 1. The fraction of sp³-hybridized carbons (Fsp3) is 0.364. The molecule has 3 rings (SSSR count). The van der Waals surface area contributed by atoms with E-state index in [2.05, 4.69) is 4.90 Å². The molecule has 1 fully saturated rings. The molecule has 0 unspecified atom stereocenters. The summed E-state index contributed by atoms with van der Waals surface area (Å²) in [5, 5.41) is 9.89. The van der Waals surface area contributed by atoms with E-state index < -0.39 is 5.97 Å². The topological polar surface area (TPSA) is 88.5 Å². The van der Waals surface area contributed by atoms with Crippen LogP contribution in [0.4, 0.5) is 0 Å². The van der Waals surface area contributed by atoms with Gasteiger partial charge in [-0.3, -0.25) is 9.69 Å². The van der Waals surface area contributed by atoms with Crippen LogP contribution >= 0.6 is 0 Å². The highest BCUT2D eigenvalue weighted by Crippen LogP contribution is 2.24. The van der Waals surface area contributed by atoms with Crippen LogP contribution in [-0.4, -0.2) is 79.8 Å². The highest BCUT2D eigenvalue weighted by atomic mass is 16.5. The molecule has 2 aromatic carbocycles. The third-order valence-electron chi connectivity index (χ3n) is 4.90. The zero-order chi connectivity index (χ0) is 21.3. The number of ether oxygens (including phenoxy) is 3. The van der Waals surface area contributed by atoms with Gasteiger partial charge in [0.1, 0.15) is 29.4 Å². The first-order chi connectivity index (χ1) is 14.6. The van der Waals surface area contributed by atoms with Gasteiger partial charge in [0.2, 0.25) is 0 Å². The van der Waals surface area contributed by atoms with Gasteiger partial charge in [-0.25, -0.2) is 4.79 Å². The number of carbonyl (C=O) groups excluding carboxylic acids is 2. The molecule has 1 saturated heterocycles. The van der Waals surface area contributed by atoms with Crippen LogP contribution < -0.4 is 9.47 Å². The number of rotatable bonds is 8. The Balaban J connectivity index is 1.37. The lowest BCUT2D eigenvalue weighted by atomic mass is 10.2. The molecule has 160 valence electrons. The lowest BCUT2D eigenvalue weighted by Crippen LogP contribution is -2.50. The summed E-state index contributed by atoms with van der Waals surface area (Å²) >= 11 is 0. The molecule has 0 spiro atoms. The summed E-state index contributed by atoms with van der Waals surface area (Å²) < 4.78 is 15.8. The van der Waals surface area contributed by atoms with Gasteiger partial charge in [-0.05, 0) is 24.3 Å². The van der Waals surface area contributed by atoms with Crippen LogP contribution in [0.5, 0.6) is 17.2 Å². The van der Waals surface area contributed by atoms with Gasteiger partial charge in [0.25, 0.3) is 5.91 Å². The second-order valence-electron chi connectivity index (χ2n) is 6.84. The zero-order valence-electron chi connectivity index (χ0n) is 17.0. The van der Waals surface area contributed by atoms with Gasteiger partial charge in [-0.1, -0.05) is 18.2 Å². The smallest absolute Gasteiger partial charge is 0.342 e. The van der Waals surface area contributed by atoms with Crippen molar-refractivity contribution in [3.8, 4) is 17.2 Å². The molecule has 0 radical (unpaired) electrons. The summed E-state index contributed by atoms with van der Waals surface area (Å²) in [5.74, 6) is 0.0121. The number of piperazine rings is 1. The van der Waals surface area contributed by atoms with E-state index in [1.807, 2.05) is 30.3 Å². The summed E-state index contributed by atoms with van der Waals surface area (Å²) in [6.07, 6.45) is 0. The number of methoxy groups -OCH3 is 1. The lowest BCUT2D eigenvalue weighted by molar-refractivity contribution is -0.136. The van der Waals surface area contributed by atoms with Crippen molar-refractivity contribution in [3.63, 3.8) is 0 Å². The lowest BCUT2D eigenvalue weighted by Gasteiger charge is -2.34. The van der Waals surface area contributed by atoms with Crippen LogP contribution in [0.15, 0.2) is 48.5 Å². The molecule has 1 amide bonds. The van der Waals surface area contributed by atoms with Crippen molar-refractivity contribution in [1.82, 2.24) is 9.80 Å². The number of para-hydroxylation sites is 1. The number of nitrogens with zero attached hydrogens (tertiary/aromatic N) is 2. The molecule has 0 atom stereocenters. The molecule has 0 aliphatic carbocycles. The number of hydrogen-bond acceptors (Lipinski definition) is 7. The first-order valence-corrected chi connectivity index (χ1v) is 9.79. The minimum atomic E-state index is -0.750. The zero-order valence-corrected chi connectivity index (χ0v) is 17.0. The van der Waals surface area contributed by atoms with Gasteiger partial charge in [0, 0.05) is 38.8 Å². The molecule has 0 aromatic heterocycles. The van der Waals surface area contributed by atoms with Crippen molar-refractivity contribution in [3.05, 3.63) is 54.1 Å². The molecule has 2 aromatic rings. The van der Waals surface area contributed by atoms with Crippen LogP contribution in [0.3, 0.4) is 0 Å². The normalized spacial score (nSPS) is 14.2. The second-order valence-corrected chi connectivity index (χ2v) is 6.84. The predicted octanol–water partition coefficient (Wildman–Crippen LogP) is 1.78. The maximum Gasteiger partial charge on any atom is 0.342 e. The number of benzene rings is 2. The van der Waals surface area contributed by atoms with E-state index >= 15 is 0 Å².